The van der Waals surface area contributed by atoms with E-state index < -0.39 is 0 Å². The lowest BCUT2D eigenvalue weighted by Crippen LogP contribution is -2.25. The Kier molecular flexibility index (Phi) is 5.87. The summed E-state index contributed by atoms with van der Waals surface area (Å²) >= 11 is 6.13. The molecule has 0 fully saturated rings. The number of aromatic nitrogens is 1. The minimum Gasteiger partial charge on any atom is -0.508 e. The van der Waals surface area contributed by atoms with E-state index in [2.05, 4.69) is 10.3 Å². The van der Waals surface area contributed by atoms with Crippen molar-refractivity contribution in [3.63, 3.8) is 0 Å². The molecule has 3 rings (SSSR count). The molecule has 4 nitrogen and oxygen atoms in total. The molecular weight excluding hydrogens is 348 g/mol. The summed E-state index contributed by atoms with van der Waals surface area (Å²) in [5.74, 6) is -0.128. The molecule has 1 amide bonds. The Labute approximate surface area is 157 Å². The first-order valence-electron chi connectivity index (χ1n) is 8.33. The van der Waals surface area contributed by atoms with Gasteiger partial charge < -0.3 is 10.4 Å². The Morgan fingerprint density at radius 1 is 1.04 bits per heavy atom. The van der Waals surface area contributed by atoms with E-state index in [1.54, 1.807) is 30.5 Å². The van der Waals surface area contributed by atoms with Crippen LogP contribution in [0.1, 0.15) is 29.2 Å². The number of benzene rings is 2. The van der Waals surface area contributed by atoms with E-state index in [0.29, 0.717) is 11.6 Å². The normalized spacial score (nSPS) is 11.7. The summed E-state index contributed by atoms with van der Waals surface area (Å²) < 4.78 is 0. The van der Waals surface area contributed by atoms with E-state index in [4.69, 9.17) is 11.6 Å². The van der Waals surface area contributed by atoms with E-state index in [1.807, 2.05) is 42.5 Å². The molecule has 26 heavy (non-hydrogen) atoms. The average Bonchev–Trinajstić information content (AvgIpc) is 2.65. The molecule has 0 spiro atoms. The fourth-order valence-electron chi connectivity index (χ4n) is 2.84. The van der Waals surface area contributed by atoms with Crippen LogP contribution in [0.5, 0.6) is 5.75 Å². The molecule has 0 saturated carbocycles. The van der Waals surface area contributed by atoms with Crippen LogP contribution in [0.15, 0.2) is 72.9 Å². The van der Waals surface area contributed by atoms with Crippen molar-refractivity contribution in [2.24, 2.45) is 0 Å². The van der Waals surface area contributed by atoms with Crippen molar-refractivity contribution >= 4 is 17.5 Å². The second-order valence-electron chi connectivity index (χ2n) is 6.00. The van der Waals surface area contributed by atoms with Gasteiger partial charge in [-0.2, -0.15) is 0 Å². The number of pyridine rings is 1. The molecule has 3 aromatic rings. The van der Waals surface area contributed by atoms with Crippen molar-refractivity contribution in [3.05, 3.63) is 94.8 Å². The number of amides is 1. The maximum Gasteiger partial charge on any atom is 0.221 e. The number of nitrogens with one attached hydrogen (secondary N) is 1. The molecule has 0 aliphatic carbocycles. The number of carbonyl (C=O) groups excluding carboxylic acids is 1. The summed E-state index contributed by atoms with van der Waals surface area (Å²) in [5, 5.41) is 13.3. The number of hydrogen-bond donors (Lipinski definition) is 2. The van der Waals surface area contributed by atoms with Gasteiger partial charge >= 0.3 is 0 Å². The van der Waals surface area contributed by atoms with Gasteiger partial charge in [0.25, 0.3) is 0 Å². The molecule has 2 N–H and O–H groups in total. The van der Waals surface area contributed by atoms with Crippen molar-refractivity contribution in [2.75, 3.05) is 0 Å². The monoisotopic (exact) mass is 366 g/mol. The van der Waals surface area contributed by atoms with Crippen LogP contribution in [-0.2, 0) is 11.3 Å². The number of carbonyl (C=O) groups is 1. The Bertz CT molecular complexity index is 838. The molecule has 0 unspecified atom stereocenters. The largest absolute Gasteiger partial charge is 0.508 e. The van der Waals surface area contributed by atoms with Gasteiger partial charge in [-0.15, -0.1) is 0 Å². The molecule has 1 aromatic heterocycles. The first-order chi connectivity index (χ1) is 12.6. The summed E-state index contributed by atoms with van der Waals surface area (Å²) in [4.78, 5) is 16.7. The number of phenols is 1. The SMILES string of the molecule is O=C(C[C@@H](c1cccc(O)c1)c1cccc(Cl)c1)NCc1ccccn1. The standard InChI is InChI=1S/C21H19ClN2O2/c22-17-7-3-5-15(11-17)20(16-6-4-9-19(25)12-16)13-21(26)24-14-18-8-1-2-10-23-18/h1-12,20,25H,13-14H2,(H,24,26)/t20-/m1/s1. The number of phenolic OH excluding ortho intramolecular Hbond substituents is 1. The fraction of sp³-hybridized carbons (Fsp3) is 0.143. The van der Waals surface area contributed by atoms with Crippen LogP contribution in [0.4, 0.5) is 0 Å². The van der Waals surface area contributed by atoms with Gasteiger partial charge in [0.1, 0.15) is 5.75 Å². The zero-order chi connectivity index (χ0) is 18.4. The number of aromatic hydroxyl groups is 1. The van der Waals surface area contributed by atoms with Crippen molar-refractivity contribution < 1.29 is 9.90 Å². The lowest BCUT2D eigenvalue weighted by molar-refractivity contribution is -0.121. The highest BCUT2D eigenvalue weighted by atomic mass is 35.5. The topological polar surface area (TPSA) is 62.2 Å². The molecule has 0 bridgehead atoms. The Morgan fingerprint density at radius 2 is 1.81 bits per heavy atom. The number of hydrogen-bond acceptors (Lipinski definition) is 3. The highest BCUT2D eigenvalue weighted by molar-refractivity contribution is 6.30. The molecule has 132 valence electrons. The van der Waals surface area contributed by atoms with Gasteiger partial charge in [0.05, 0.1) is 12.2 Å². The van der Waals surface area contributed by atoms with Gasteiger partial charge in [0.15, 0.2) is 0 Å². The lowest BCUT2D eigenvalue weighted by atomic mass is 9.88. The van der Waals surface area contributed by atoms with Crippen LogP contribution in [-0.4, -0.2) is 16.0 Å². The average molecular weight is 367 g/mol. The van der Waals surface area contributed by atoms with Crippen LogP contribution in [0, 0.1) is 0 Å². The van der Waals surface area contributed by atoms with Gasteiger partial charge in [-0.05, 0) is 47.5 Å². The zero-order valence-electron chi connectivity index (χ0n) is 14.1. The van der Waals surface area contributed by atoms with E-state index in [-0.39, 0.29) is 24.0 Å². The molecule has 1 heterocycles. The van der Waals surface area contributed by atoms with Crippen molar-refractivity contribution in [2.45, 2.75) is 18.9 Å². The van der Waals surface area contributed by atoms with Gasteiger partial charge in [-0.25, -0.2) is 0 Å². The maximum atomic E-state index is 12.5. The molecule has 1 atom stereocenters. The Balaban J connectivity index is 1.78. The highest BCUT2D eigenvalue weighted by Crippen LogP contribution is 2.31. The van der Waals surface area contributed by atoms with Crippen molar-refractivity contribution in [1.29, 1.82) is 0 Å². The van der Waals surface area contributed by atoms with E-state index in [1.165, 1.54) is 0 Å². The van der Waals surface area contributed by atoms with Crippen LogP contribution < -0.4 is 5.32 Å². The quantitative estimate of drug-likeness (QED) is 0.684. The summed E-state index contributed by atoms with van der Waals surface area (Å²) in [6.07, 6.45) is 1.94. The smallest absolute Gasteiger partial charge is 0.221 e. The van der Waals surface area contributed by atoms with Crippen LogP contribution in [0.25, 0.3) is 0 Å². The molecular formula is C21H19ClN2O2. The summed E-state index contributed by atoms with van der Waals surface area (Å²) in [6.45, 7) is 0.377. The van der Waals surface area contributed by atoms with Crippen LogP contribution in [0.2, 0.25) is 5.02 Å². The van der Waals surface area contributed by atoms with Crippen LogP contribution >= 0.6 is 11.6 Å². The van der Waals surface area contributed by atoms with E-state index >= 15 is 0 Å². The van der Waals surface area contributed by atoms with Gasteiger partial charge in [-0.1, -0.05) is 41.9 Å². The molecule has 0 aliphatic rings. The Morgan fingerprint density at radius 3 is 2.50 bits per heavy atom. The van der Waals surface area contributed by atoms with Crippen molar-refractivity contribution in [3.8, 4) is 5.75 Å². The van der Waals surface area contributed by atoms with E-state index in [9.17, 15) is 9.90 Å². The maximum absolute atomic E-state index is 12.5. The Hall–Kier alpha value is -2.85. The third-order valence-electron chi connectivity index (χ3n) is 4.11. The second kappa shape index (κ2) is 8.50. The van der Waals surface area contributed by atoms with Crippen LogP contribution in [0.3, 0.4) is 0 Å². The minimum atomic E-state index is -0.204. The second-order valence-corrected chi connectivity index (χ2v) is 6.44. The predicted molar refractivity (Wildman–Crippen MR) is 102 cm³/mol. The van der Waals surface area contributed by atoms with Gasteiger partial charge in [0, 0.05) is 23.6 Å². The van der Waals surface area contributed by atoms with Gasteiger partial charge in [0.2, 0.25) is 5.91 Å². The minimum absolute atomic E-state index is 0.0935. The predicted octanol–water partition coefficient (Wildman–Crippen LogP) is 4.28. The number of halogens is 1. The first-order valence-corrected chi connectivity index (χ1v) is 8.70. The fourth-order valence-corrected chi connectivity index (χ4v) is 3.04. The third-order valence-corrected chi connectivity index (χ3v) is 4.34. The van der Waals surface area contributed by atoms with Gasteiger partial charge in [-0.3, -0.25) is 9.78 Å². The number of rotatable bonds is 6. The van der Waals surface area contributed by atoms with E-state index in [0.717, 1.165) is 16.8 Å². The molecule has 2 aromatic carbocycles. The highest BCUT2D eigenvalue weighted by Gasteiger charge is 2.19. The lowest BCUT2D eigenvalue weighted by Gasteiger charge is -2.18. The summed E-state index contributed by atoms with van der Waals surface area (Å²) in [7, 11) is 0. The first kappa shape index (κ1) is 18.0. The number of nitrogens with zero attached hydrogens (tertiary/aromatic N) is 1. The molecule has 0 aliphatic heterocycles. The summed E-state index contributed by atoms with van der Waals surface area (Å²) in [5.41, 5.74) is 2.59. The molecule has 5 heteroatoms. The summed E-state index contributed by atoms with van der Waals surface area (Å²) in [6, 6.07) is 20.0. The zero-order valence-corrected chi connectivity index (χ0v) is 14.9. The molecule has 0 radical (unpaired) electrons. The molecule has 0 saturated heterocycles. The van der Waals surface area contributed by atoms with Crippen molar-refractivity contribution in [1.82, 2.24) is 10.3 Å². The third kappa shape index (κ3) is 4.83.